The number of hydrogen-bond acceptors (Lipinski definition) is 2. The predicted molar refractivity (Wildman–Crippen MR) is 86.4 cm³/mol. The number of pyridine rings is 1. The molecule has 104 valence electrons. The Labute approximate surface area is 132 Å². The Morgan fingerprint density at radius 3 is 2.60 bits per heavy atom. The zero-order chi connectivity index (χ0) is 13.9. The summed E-state index contributed by atoms with van der Waals surface area (Å²) in [5, 5.41) is 4.28. The fourth-order valence-electron chi connectivity index (χ4n) is 2.88. The van der Waals surface area contributed by atoms with Gasteiger partial charge in [0.25, 0.3) is 0 Å². The summed E-state index contributed by atoms with van der Waals surface area (Å²) in [6, 6.07) is 12.4. The van der Waals surface area contributed by atoms with Gasteiger partial charge in [-0.1, -0.05) is 23.7 Å². The van der Waals surface area contributed by atoms with Crippen molar-refractivity contribution < 1.29 is 0 Å². The molecule has 1 aromatic heterocycles. The minimum atomic E-state index is 0.453. The lowest BCUT2D eigenvalue weighted by atomic mass is 9.79. The molecule has 0 aliphatic carbocycles. The van der Waals surface area contributed by atoms with Gasteiger partial charge >= 0.3 is 0 Å². The molecular weight excluding hydrogens is 336 g/mol. The van der Waals surface area contributed by atoms with Crippen LogP contribution < -0.4 is 5.32 Å². The highest BCUT2D eigenvalue weighted by atomic mass is 79.9. The van der Waals surface area contributed by atoms with Crippen LogP contribution in [0.25, 0.3) is 0 Å². The highest BCUT2D eigenvalue weighted by Gasteiger charge is 2.28. The van der Waals surface area contributed by atoms with Crippen molar-refractivity contribution in [3.63, 3.8) is 0 Å². The molecule has 2 heterocycles. The lowest BCUT2D eigenvalue weighted by Gasteiger charge is -2.32. The van der Waals surface area contributed by atoms with Crippen molar-refractivity contribution >= 4 is 27.5 Å². The van der Waals surface area contributed by atoms with Crippen molar-refractivity contribution in [2.24, 2.45) is 0 Å². The van der Waals surface area contributed by atoms with E-state index in [-0.39, 0.29) is 0 Å². The second kappa shape index (κ2) is 6.25. The molecule has 1 N–H and O–H groups in total. The topological polar surface area (TPSA) is 24.9 Å². The zero-order valence-corrected chi connectivity index (χ0v) is 13.4. The van der Waals surface area contributed by atoms with Crippen molar-refractivity contribution in [2.75, 3.05) is 13.1 Å². The normalized spacial score (nSPS) is 22.7. The number of piperidine rings is 1. The SMILES string of the molecule is Clc1ccc(C2CNCCC2c2ccc(Br)cn2)cc1. The first kappa shape index (κ1) is 14.1. The minimum Gasteiger partial charge on any atom is -0.316 e. The fraction of sp³-hybridized carbons (Fsp3) is 0.312. The van der Waals surface area contributed by atoms with Gasteiger partial charge in [0.15, 0.2) is 0 Å². The highest BCUT2D eigenvalue weighted by Crippen LogP contribution is 2.36. The van der Waals surface area contributed by atoms with Gasteiger partial charge in [0, 0.05) is 39.8 Å². The number of benzene rings is 1. The van der Waals surface area contributed by atoms with E-state index in [1.54, 1.807) is 0 Å². The largest absolute Gasteiger partial charge is 0.316 e. The number of halogens is 2. The van der Waals surface area contributed by atoms with Gasteiger partial charge in [-0.3, -0.25) is 4.98 Å². The monoisotopic (exact) mass is 350 g/mol. The van der Waals surface area contributed by atoms with E-state index in [2.05, 4.69) is 50.5 Å². The van der Waals surface area contributed by atoms with Crippen LogP contribution in [0.5, 0.6) is 0 Å². The molecular formula is C16H16BrClN2. The third-order valence-corrected chi connectivity index (χ3v) is 4.63. The molecule has 20 heavy (non-hydrogen) atoms. The molecule has 1 aliphatic rings. The van der Waals surface area contributed by atoms with Crippen molar-refractivity contribution in [3.05, 3.63) is 63.3 Å². The average molecular weight is 352 g/mol. The molecule has 0 radical (unpaired) electrons. The standard InChI is InChI=1S/C16H16BrClN2/c17-12-3-6-16(20-9-12)14-7-8-19-10-15(14)11-1-4-13(18)5-2-11/h1-6,9,14-15,19H,7-8,10H2. The Morgan fingerprint density at radius 1 is 1.10 bits per heavy atom. The number of aromatic nitrogens is 1. The summed E-state index contributed by atoms with van der Waals surface area (Å²) in [4.78, 5) is 4.59. The number of nitrogens with zero attached hydrogens (tertiary/aromatic N) is 1. The molecule has 2 aromatic rings. The average Bonchev–Trinajstić information content (AvgIpc) is 2.49. The van der Waals surface area contributed by atoms with Crippen molar-refractivity contribution in [2.45, 2.75) is 18.3 Å². The maximum Gasteiger partial charge on any atom is 0.0442 e. The third kappa shape index (κ3) is 3.05. The summed E-state index contributed by atoms with van der Waals surface area (Å²) < 4.78 is 1.03. The maximum absolute atomic E-state index is 5.99. The third-order valence-electron chi connectivity index (χ3n) is 3.91. The molecule has 3 rings (SSSR count). The van der Waals surface area contributed by atoms with Crippen molar-refractivity contribution in [3.8, 4) is 0 Å². The fourth-order valence-corrected chi connectivity index (χ4v) is 3.24. The van der Waals surface area contributed by atoms with Crippen LogP contribution in [0.4, 0.5) is 0 Å². The number of nitrogens with one attached hydrogen (secondary N) is 1. The molecule has 0 saturated carbocycles. The maximum atomic E-state index is 5.99. The van der Waals surface area contributed by atoms with Crippen LogP contribution in [-0.4, -0.2) is 18.1 Å². The van der Waals surface area contributed by atoms with Crippen molar-refractivity contribution in [1.29, 1.82) is 0 Å². The van der Waals surface area contributed by atoms with E-state index in [9.17, 15) is 0 Å². The lowest BCUT2D eigenvalue weighted by molar-refractivity contribution is 0.398. The van der Waals surface area contributed by atoms with Gasteiger partial charge in [-0.25, -0.2) is 0 Å². The smallest absolute Gasteiger partial charge is 0.0442 e. The predicted octanol–water partition coefficient (Wildman–Crippen LogP) is 4.36. The second-order valence-electron chi connectivity index (χ2n) is 5.16. The van der Waals surface area contributed by atoms with Crippen LogP contribution in [0.15, 0.2) is 47.1 Å². The second-order valence-corrected chi connectivity index (χ2v) is 6.51. The van der Waals surface area contributed by atoms with E-state index >= 15 is 0 Å². The first-order valence-corrected chi connectivity index (χ1v) is 7.99. The summed E-state index contributed by atoms with van der Waals surface area (Å²) >= 11 is 9.44. The Kier molecular flexibility index (Phi) is 4.39. The Balaban J connectivity index is 1.90. The zero-order valence-electron chi connectivity index (χ0n) is 11.0. The van der Waals surface area contributed by atoms with Crippen LogP contribution in [0.3, 0.4) is 0 Å². The van der Waals surface area contributed by atoms with Gasteiger partial charge in [-0.05, 0) is 58.7 Å². The van der Waals surface area contributed by atoms with Crippen LogP contribution in [0.1, 0.15) is 29.5 Å². The Morgan fingerprint density at radius 2 is 1.90 bits per heavy atom. The van der Waals surface area contributed by atoms with Crippen LogP contribution in [0, 0.1) is 0 Å². The first-order chi connectivity index (χ1) is 9.74. The molecule has 0 bridgehead atoms. The lowest BCUT2D eigenvalue weighted by Crippen LogP contribution is -2.34. The molecule has 1 aromatic carbocycles. The first-order valence-electron chi connectivity index (χ1n) is 6.81. The summed E-state index contributed by atoms with van der Waals surface area (Å²) in [5.41, 5.74) is 2.51. The van der Waals surface area contributed by atoms with Crippen LogP contribution >= 0.6 is 27.5 Å². The van der Waals surface area contributed by atoms with Crippen LogP contribution in [-0.2, 0) is 0 Å². The molecule has 4 heteroatoms. The summed E-state index contributed by atoms with van der Waals surface area (Å²) in [7, 11) is 0. The van der Waals surface area contributed by atoms with Crippen molar-refractivity contribution in [1.82, 2.24) is 10.3 Å². The molecule has 2 nitrogen and oxygen atoms in total. The number of hydrogen-bond donors (Lipinski definition) is 1. The summed E-state index contributed by atoms with van der Waals surface area (Å²) in [6.45, 7) is 2.04. The van der Waals surface area contributed by atoms with E-state index in [0.29, 0.717) is 11.8 Å². The van der Waals surface area contributed by atoms with Gasteiger partial charge in [0.05, 0.1) is 0 Å². The number of rotatable bonds is 2. The van der Waals surface area contributed by atoms with E-state index in [1.165, 1.54) is 11.3 Å². The van der Waals surface area contributed by atoms with E-state index in [1.807, 2.05) is 18.3 Å². The summed E-state index contributed by atoms with van der Waals surface area (Å²) in [5.74, 6) is 0.917. The Bertz CT molecular complexity index is 515. The van der Waals surface area contributed by atoms with Gasteiger partial charge in [-0.2, -0.15) is 0 Å². The molecule has 2 atom stereocenters. The molecule has 1 fully saturated rings. The van der Waals surface area contributed by atoms with E-state index in [4.69, 9.17) is 11.6 Å². The molecule has 1 aliphatic heterocycles. The van der Waals surface area contributed by atoms with Gasteiger partial charge in [-0.15, -0.1) is 0 Å². The van der Waals surface area contributed by atoms with E-state index < -0.39 is 0 Å². The molecule has 0 amide bonds. The summed E-state index contributed by atoms with van der Waals surface area (Å²) in [6.07, 6.45) is 3.00. The van der Waals surface area contributed by atoms with Gasteiger partial charge in [0.2, 0.25) is 0 Å². The molecule has 0 spiro atoms. The Hall–Kier alpha value is -0.900. The van der Waals surface area contributed by atoms with Crippen LogP contribution in [0.2, 0.25) is 5.02 Å². The van der Waals surface area contributed by atoms with Gasteiger partial charge in [0.1, 0.15) is 0 Å². The quantitative estimate of drug-likeness (QED) is 0.869. The van der Waals surface area contributed by atoms with E-state index in [0.717, 1.165) is 29.0 Å². The van der Waals surface area contributed by atoms with Gasteiger partial charge < -0.3 is 5.32 Å². The molecule has 1 saturated heterocycles. The highest BCUT2D eigenvalue weighted by molar-refractivity contribution is 9.10. The minimum absolute atomic E-state index is 0.453. The molecule has 2 unspecified atom stereocenters.